The molecule has 134 valence electrons. The molecule has 1 fully saturated rings. The SMILES string of the molecule is CS/C(=C\c1ccc2ccccc2[n+]1C)N1CCN(CCCO)CC1. The lowest BCUT2D eigenvalue weighted by Crippen LogP contribution is -2.45. The predicted octanol–water partition coefficient (Wildman–Crippen LogP) is 2.33. The van der Waals surface area contributed by atoms with E-state index in [1.54, 1.807) is 0 Å². The quantitative estimate of drug-likeness (QED) is 0.803. The summed E-state index contributed by atoms with van der Waals surface area (Å²) in [6, 6.07) is 12.9. The number of hydrogen-bond acceptors (Lipinski definition) is 4. The van der Waals surface area contributed by atoms with Gasteiger partial charge in [-0.3, -0.25) is 4.90 Å². The van der Waals surface area contributed by atoms with Gasteiger partial charge in [0.2, 0.25) is 11.2 Å². The normalized spacial score (nSPS) is 16.6. The molecular weight excluding hydrogens is 330 g/mol. The lowest BCUT2D eigenvalue weighted by atomic mass is 10.2. The van der Waals surface area contributed by atoms with E-state index >= 15 is 0 Å². The lowest BCUT2D eigenvalue weighted by Gasteiger charge is -2.36. The second-order valence-corrected chi connectivity index (χ2v) is 7.30. The van der Waals surface area contributed by atoms with Crippen molar-refractivity contribution in [1.82, 2.24) is 9.80 Å². The molecule has 1 aromatic carbocycles. The summed E-state index contributed by atoms with van der Waals surface area (Å²) in [7, 11) is 2.14. The van der Waals surface area contributed by atoms with E-state index in [-0.39, 0.29) is 6.61 Å². The summed E-state index contributed by atoms with van der Waals surface area (Å²) in [4.78, 5) is 4.93. The minimum absolute atomic E-state index is 0.286. The Balaban J connectivity index is 1.76. The highest BCUT2D eigenvalue weighted by molar-refractivity contribution is 8.02. The Morgan fingerprint density at radius 2 is 1.92 bits per heavy atom. The van der Waals surface area contributed by atoms with Crippen molar-refractivity contribution in [3.05, 3.63) is 47.1 Å². The molecule has 1 aromatic heterocycles. The number of fused-ring (bicyclic) bond motifs is 1. The monoisotopic (exact) mass is 358 g/mol. The van der Waals surface area contributed by atoms with Crippen molar-refractivity contribution in [1.29, 1.82) is 0 Å². The van der Waals surface area contributed by atoms with Gasteiger partial charge in [0.05, 0.1) is 5.03 Å². The van der Waals surface area contributed by atoms with Gasteiger partial charge in [-0.05, 0) is 24.8 Å². The van der Waals surface area contributed by atoms with E-state index in [0.29, 0.717) is 0 Å². The molecule has 2 heterocycles. The van der Waals surface area contributed by atoms with E-state index in [9.17, 15) is 0 Å². The summed E-state index contributed by atoms with van der Waals surface area (Å²) in [5.41, 5.74) is 2.48. The van der Waals surface area contributed by atoms with Crippen LogP contribution >= 0.6 is 11.8 Å². The van der Waals surface area contributed by atoms with Crippen molar-refractivity contribution in [2.24, 2.45) is 7.05 Å². The fraction of sp³-hybridized carbons (Fsp3) is 0.450. The van der Waals surface area contributed by atoms with E-state index in [4.69, 9.17) is 5.11 Å². The molecule has 0 aliphatic carbocycles. The molecule has 1 saturated heterocycles. The summed E-state index contributed by atoms with van der Waals surface area (Å²) in [5.74, 6) is 0. The van der Waals surface area contributed by atoms with Crippen molar-refractivity contribution in [3.8, 4) is 0 Å². The molecule has 25 heavy (non-hydrogen) atoms. The fourth-order valence-corrected chi connectivity index (χ4v) is 4.08. The molecule has 0 saturated carbocycles. The molecule has 4 nitrogen and oxygen atoms in total. The highest BCUT2D eigenvalue weighted by atomic mass is 32.2. The highest BCUT2D eigenvalue weighted by Crippen LogP contribution is 2.22. The standard InChI is InChI=1S/C20H28N3OS/c1-21-18(9-8-17-6-3-4-7-19(17)21)16-20(25-2)23-13-11-22(12-14-23)10-5-15-24/h3-4,6-9,16,24H,5,10-15H2,1-2H3/q+1. The number of aryl methyl sites for hydroxylation is 1. The second-order valence-electron chi connectivity index (χ2n) is 6.47. The van der Waals surface area contributed by atoms with Crippen molar-refractivity contribution in [3.63, 3.8) is 0 Å². The Morgan fingerprint density at radius 3 is 2.64 bits per heavy atom. The van der Waals surface area contributed by atoms with Gasteiger partial charge in [0.25, 0.3) is 0 Å². The van der Waals surface area contributed by atoms with Gasteiger partial charge >= 0.3 is 0 Å². The minimum Gasteiger partial charge on any atom is -0.396 e. The van der Waals surface area contributed by atoms with Gasteiger partial charge in [-0.15, -0.1) is 11.8 Å². The molecule has 0 unspecified atom stereocenters. The van der Waals surface area contributed by atoms with Gasteiger partial charge in [0, 0.05) is 62.9 Å². The highest BCUT2D eigenvalue weighted by Gasteiger charge is 2.19. The molecule has 5 heteroatoms. The van der Waals surface area contributed by atoms with Crippen LogP contribution in [0.25, 0.3) is 17.0 Å². The first-order chi connectivity index (χ1) is 12.2. The smallest absolute Gasteiger partial charge is 0.212 e. The number of pyridine rings is 1. The van der Waals surface area contributed by atoms with E-state index in [1.165, 1.54) is 21.6 Å². The van der Waals surface area contributed by atoms with Crippen molar-refractivity contribution in [2.75, 3.05) is 45.6 Å². The molecule has 0 bridgehead atoms. The first-order valence-corrected chi connectivity index (χ1v) is 10.2. The van der Waals surface area contributed by atoms with Crippen LogP contribution < -0.4 is 4.57 Å². The molecule has 0 atom stereocenters. The molecule has 1 aliphatic heterocycles. The topological polar surface area (TPSA) is 30.6 Å². The fourth-order valence-electron chi connectivity index (χ4n) is 3.40. The van der Waals surface area contributed by atoms with Crippen LogP contribution in [0, 0.1) is 0 Å². The van der Waals surface area contributed by atoms with Crippen molar-refractivity contribution < 1.29 is 9.67 Å². The van der Waals surface area contributed by atoms with Gasteiger partial charge in [0.1, 0.15) is 7.05 Å². The average molecular weight is 359 g/mol. The average Bonchev–Trinajstić information content (AvgIpc) is 2.67. The van der Waals surface area contributed by atoms with Crippen LogP contribution in [0.5, 0.6) is 0 Å². The zero-order valence-electron chi connectivity index (χ0n) is 15.2. The number of para-hydroxylation sites is 1. The second kappa shape index (κ2) is 8.70. The number of thioether (sulfide) groups is 1. The number of aliphatic hydroxyl groups excluding tert-OH is 1. The number of rotatable bonds is 6. The molecule has 0 spiro atoms. The molecule has 1 aliphatic rings. The minimum atomic E-state index is 0.286. The van der Waals surface area contributed by atoms with Crippen LogP contribution in [0.2, 0.25) is 0 Å². The van der Waals surface area contributed by atoms with E-state index < -0.39 is 0 Å². The lowest BCUT2D eigenvalue weighted by molar-refractivity contribution is -0.646. The van der Waals surface area contributed by atoms with E-state index in [0.717, 1.165) is 39.1 Å². The third-order valence-electron chi connectivity index (χ3n) is 4.92. The van der Waals surface area contributed by atoms with Gasteiger partial charge in [-0.25, -0.2) is 0 Å². The first-order valence-electron chi connectivity index (χ1n) is 8.94. The number of benzene rings is 1. The van der Waals surface area contributed by atoms with Crippen molar-refractivity contribution >= 4 is 28.7 Å². The zero-order valence-corrected chi connectivity index (χ0v) is 16.0. The maximum Gasteiger partial charge on any atom is 0.212 e. The van der Waals surface area contributed by atoms with Gasteiger partial charge in [-0.1, -0.05) is 12.1 Å². The third kappa shape index (κ3) is 4.35. The summed E-state index contributed by atoms with van der Waals surface area (Å²) in [6.07, 6.45) is 5.34. The molecule has 1 N–H and O–H groups in total. The van der Waals surface area contributed by atoms with Crippen LogP contribution in [0.4, 0.5) is 0 Å². The van der Waals surface area contributed by atoms with Gasteiger partial charge in [-0.2, -0.15) is 4.57 Å². The molecule has 2 aromatic rings. The Labute approximate surface area is 154 Å². The maximum atomic E-state index is 8.99. The molecular formula is C20H28N3OS+. The van der Waals surface area contributed by atoms with Crippen molar-refractivity contribution in [2.45, 2.75) is 6.42 Å². The summed E-state index contributed by atoms with van der Waals surface area (Å²) in [5, 5.41) is 11.6. The third-order valence-corrected chi connectivity index (χ3v) is 5.71. The number of hydrogen-bond donors (Lipinski definition) is 1. The predicted molar refractivity (Wildman–Crippen MR) is 106 cm³/mol. The Morgan fingerprint density at radius 1 is 1.16 bits per heavy atom. The summed E-state index contributed by atoms with van der Waals surface area (Å²) < 4.78 is 2.27. The maximum absolute atomic E-state index is 8.99. The van der Waals surface area contributed by atoms with E-state index in [1.807, 2.05) is 11.8 Å². The molecule has 3 rings (SSSR count). The number of piperazine rings is 1. The number of aromatic nitrogens is 1. The summed E-state index contributed by atoms with van der Waals surface area (Å²) >= 11 is 1.82. The Kier molecular flexibility index (Phi) is 6.34. The van der Waals surface area contributed by atoms with Crippen LogP contribution in [-0.4, -0.2) is 60.5 Å². The van der Waals surface area contributed by atoms with E-state index in [2.05, 4.69) is 70.1 Å². The largest absolute Gasteiger partial charge is 0.396 e. The molecule has 0 radical (unpaired) electrons. The van der Waals surface area contributed by atoms with Crippen LogP contribution in [0.3, 0.4) is 0 Å². The van der Waals surface area contributed by atoms with Crippen LogP contribution in [0.1, 0.15) is 12.1 Å². The number of nitrogens with zero attached hydrogens (tertiary/aromatic N) is 3. The van der Waals surface area contributed by atoms with Gasteiger partial charge in [0.15, 0.2) is 0 Å². The Bertz CT molecular complexity index is 739. The summed E-state index contributed by atoms with van der Waals surface area (Å²) in [6.45, 7) is 5.53. The first kappa shape index (κ1) is 18.2. The molecule has 0 amide bonds. The Hall–Kier alpha value is -1.56. The number of aliphatic hydroxyl groups is 1. The van der Waals surface area contributed by atoms with Crippen LogP contribution in [0.15, 0.2) is 41.4 Å². The zero-order chi connectivity index (χ0) is 17.6. The van der Waals surface area contributed by atoms with Crippen LogP contribution in [-0.2, 0) is 7.05 Å². The van der Waals surface area contributed by atoms with Gasteiger partial charge < -0.3 is 10.0 Å².